The van der Waals surface area contributed by atoms with Gasteiger partial charge in [0.25, 0.3) is 0 Å². The second-order valence-corrected chi connectivity index (χ2v) is 2.76. The van der Waals surface area contributed by atoms with Crippen LogP contribution in [0.5, 0.6) is 5.75 Å². The van der Waals surface area contributed by atoms with Crippen LogP contribution < -0.4 is 10.4 Å². The Kier molecular flexibility index (Phi) is 1.47. The monoisotopic (exact) mass is 159 g/mol. The van der Waals surface area contributed by atoms with Crippen LogP contribution in [-0.4, -0.2) is 11.3 Å². The van der Waals surface area contributed by atoms with Crippen LogP contribution in [0.2, 0.25) is 0 Å². The van der Waals surface area contributed by atoms with Crippen LogP contribution in [0.1, 0.15) is 6.42 Å². The van der Waals surface area contributed by atoms with Crippen molar-refractivity contribution in [3.8, 4) is 5.75 Å². The number of rotatable bonds is 0. The highest BCUT2D eigenvalue weighted by molar-refractivity contribution is 5.75. The molecule has 12 heavy (non-hydrogen) atoms. The molecule has 1 aromatic rings. The highest BCUT2D eigenvalue weighted by Crippen LogP contribution is 2.20. The molecule has 0 aliphatic carbocycles. The summed E-state index contributed by atoms with van der Waals surface area (Å²) in [6.07, 6.45) is 4.62. The van der Waals surface area contributed by atoms with Crippen LogP contribution in [0.15, 0.2) is 17.1 Å². The minimum Gasteiger partial charge on any atom is -0.506 e. The fraction of sp³-hybridized carbons (Fsp3) is 0.100. The van der Waals surface area contributed by atoms with Gasteiger partial charge in [0.2, 0.25) is 0 Å². The average molecular weight is 159 g/mol. The molecule has 0 fully saturated rings. The average Bonchev–Trinajstić information content (AvgIpc) is 2.12. The number of phenolic OH excluding ortho intramolecular Hbond substituents is 1. The molecule has 2 heteroatoms. The highest BCUT2D eigenvalue weighted by Gasteiger charge is 2.02. The molecule has 1 N–H and O–H groups in total. The summed E-state index contributed by atoms with van der Waals surface area (Å²) in [5.41, 5.74) is 0.647. The molecular formula is C10H9NO. The molecule has 1 aromatic carbocycles. The second-order valence-electron chi connectivity index (χ2n) is 2.76. The topological polar surface area (TPSA) is 32.6 Å². The quantitative estimate of drug-likeness (QED) is 0.593. The van der Waals surface area contributed by atoms with Gasteiger partial charge in [0.15, 0.2) is 0 Å². The SMILES string of the molecule is C=c1ccc(O)c2c1=CCC=N2. The first kappa shape index (κ1) is 7.10. The molecular weight excluding hydrogens is 150 g/mol. The number of phenols is 1. The molecule has 0 bridgehead atoms. The van der Waals surface area contributed by atoms with Crippen molar-refractivity contribution in [3.63, 3.8) is 0 Å². The van der Waals surface area contributed by atoms with Gasteiger partial charge < -0.3 is 5.11 Å². The Morgan fingerprint density at radius 2 is 2.25 bits per heavy atom. The van der Waals surface area contributed by atoms with E-state index in [1.807, 2.05) is 6.08 Å². The van der Waals surface area contributed by atoms with Gasteiger partial charge in [0.1, 0.15) is 11.4 Å². The normalized spacial score (nSPS) is 13.7. The zero-order valence-corrected chi connectivity index (χ0v) is 6.62. The van der Waals surface area contributed by atoms with Gasteiger partial charge in [-0.1, -0.05) is 18.7 Å². The first-order valence-corrected chi connectivity index (χ1v) is 3.82. The zero-order valence-electron chi connectivity index (χ0n) is 6.62. The van der Waals surface area contributed by atoms with Gasteiger partial charge in [-0.3, -0.25) is 4.99 Å². The molecule has 60 valence electrons. The third-order valence-electron chi connectivity index (χ3n) is 1.93. The van der Waals surface area contributed by atoms with E-state index in [4.69, 9.17) is 0 Å². The fourth-order valence-electron chi connectivity index (χ4n) is 1.32. The molecule has 0 amide bonds. The van der Waals surface area contributed by atoms with Crippen molar-refractivity contribution in [1.29, 1.82) is 0 Å². The summed E-state index contributed by atoms with van der Waals surface area (Å²) in [7, 11) is 0. The number of fused-ring (bicyclic) bond motifs is 1. The largest absolute Gasteiger partial charge is 0.506 e. The van der Waals surface area contributed by atoms with E-state index in [-0.39, 0.29) is 5.75 Å². The lowest BCUT2D eigenvalue weighted by molar-refractivity contribution is 0.476. The van der Waals surface area contributed by atoms with E-state index >= 15 is 0 Å². The number of hydrogen-bond acceptors (Lipinski definition) is 2. The smallest absolute Gasteiger partial charge is 0.141 e. The molecule has 0 unspecified atom stereocenters. The molecule has 0 aromatic heterocycles. The Labute approximate surface area is 70.2 Å². The molecule has 0 saturated carbocycles. The molecule has 0 atom stereocenters. The fourth-order valence-corrected chi connectivity index (χ4v) is 1.32. The number of hydrogen-bond donors (Lipinski definition) is 1. The Balaban J connectivity index is 2.92. The van der Waals surface area contributed by atoms with Crippen molar-refractivity contribution >= 4 is 24.6 Å². The van der Waals surface area contributed by atoms with Gasteiger partial charge in [0, 0.05) is 17.9 Å². The van der Waals surface area contributed by atoms with Crippen LogP contribution in [-0.2, 0) is 0 Å². The summed E-state index contributed by atoms with van der Waals surface area (Å²) in [5, 5.41) is 11.3. The molecule has 1 aliphatic rings. The Morgan fingerprint density at radius 1 is 1.42 bits per heavy atom. The standard InChI is InChI=1S/C10H9NO/c1-7-4-5-9(12)10-8(7)3-2-6-11-10/h3-6,12H,1-2H2. The van der Waals surface area contributed by atoms with Crippen LogP contribution in [0.25, 0.3) is 12.7 Å². The highest BCUT2D eigenvalue weighted by atomic mass is 16.3. The minimum atomic E-state index is 0.226. The Hall–Kier alpha value is -1.57. The first-order chi connectivity index (χ1) is 5.79. The molecule has 0 spiro atoms. The number of aliphatic imine (C=N–C) groups is 1. The maximum absolute atomic E-state index is 9.42. The van der Waals surface area contributed by atoms with Crippen molar-refractivity contribution in [3.05, 3.63) is 22.6 Å². The van der Waals surface area contributed by atoms with Crippen LogP contribution in [0.4, 0.5) is 5.69 Å². The molecule has 2 nitrogen and oxygen atoms in total. The van der Waals surface area contributed by atoms with Crippen molar-refractivity contribution in [1.82, 2.24) is 0 Å². The van der Waals surface area contributed by atoms with Gasteiger partial charge in [-0.05, 0) is 11.3 Å². The predicted molar refractivity (Wildman–Crippen MR) is 50.1 cm³/mol. The molecule has 1 heterocycles. The van der Waals surface area contributed by atoms with E-state index in [2.05, 4.69) is 11.6 Å². The van der Waals surface area contributed by atoms with Crippen LogP contribution >= 0.6 is 0 Å². The number of benzene rings is 1. The van der Waals surface area contributed by atoms with E-state index in [1.54, 1.807) is 18.3 Å². The lowest BCUT2D eigenvalue weighted by Crippen LogP contribution is -2.24. The predicted octanol–water partition coefficient (Wildman–Crippen LogP) is 0.689. The van der Waals surface area contributed by atoms with Gasteiger partial charge in [0.05, 0.1) is 0 Å². The summed E-state index contributed by atoms with van der Waals surface area (Å²) >= 11 is 0. The van der Waals surface area contributed by atoms with E-state index in [1.165, 1.54) is 0 Å². The summed E-state index contributed by atoms with van der Waals surface area (Å²) < 4.78 is 0. The van der Waals surface area contributed by atoms with Gasteiger partial charge in [-0.25, -0.2) is 0 Å². The summed E-state index contributed by atoms with van der Waals surface area (Å²) in [6, 6.07) is 3.42. The summed E-state index contributed by atoms with van der Waals surface area (Å²) in [6.45, 7) is 3.86. The van der Waals surface area contributed by atoms with Gasteiger partial charge in [-0.15, -0.1) is 0 Å². The third-order valence-corrected chi connectivity index (χ3v) is 1.93. The van der Waals surface area contributed by atoms with Crippen molar-refractivity contribution < 1.29 is 5.11 Å². The lowest BCUT2D eigenvalue weighted by Gasteiger charge is -2.03. The molecule has 1 aliphatic heterocycles. The van der Waals surface area contributed by atoms with Crippen LogP contribution in [0, 0.1) is 0 Å². The van der Waals surface area contributed by atoms with E-state index < -0.39 is 0 Å². The first-order valence-electron chi connectivity index (χ1n) is 3.82. The lowest BCUT2D eigenvalue weighted by atomic mass is 10.1. The zero-order chi connectivity index (χ0) is 8.55. The second kappa shape index (κ2) is 2.48. The maximum atomic E-state index is 9.42. The number of aromatic hydroxyl groups is 1. The summed E-state index contributed by atoms with van der Waals surface area (Å²) in [5.74, 6) is 0.226. The van der Waals surface area contributed by atoms with E-state index in [0.717, 1.165) is 16.9 Å². The summed E-state index contributed by atoms with van der Waals surface area (Å²) in [4.78, 5) is 4.11. The molecule has 0 saturated heterocycles. The number of nitrogens with zero attached hydrogens (tertiary/aromatic N) is 1. The third kappa shape index (κ3) is 0.925. The minimum absolute atomic E-state index is 0.226. The van der Waals surface area contributed by atoms with E-state index in [9.17, 15) is 5.11 Å². The van der Waals surface area contributed by atoms with Crippen molar-refractivity contribution in [2.24, 2.45) is 4.99 Å². The maximum Gasteiger partial charge on any atom is 0.141 e. The molecule has 0 radical (unpaired) electrons. The van der Waals surface area contributed by atoms with E-state index in [0.29, 0.717) is 5.69 Å². The van der Waals surface area contributed by atoms with Gasteiger partial charge >= 0.3 is 0 Å². The van der Waals surface area contributed by atoms with Crippen molar-refractivity contribution in [2.75, 3.05) is 0 Å². The Morgan fingerprint density at radius 3 is 3.00 bits per heavy atom. The van der Waals surface area contributed by atoms with Gasteiger partial charge in [-0.2, -0.15) is 0 Å². The van der Waals surface area contributed by atoms with Crippen LogP contribution in [0.3, 0.4) is 0 Å². The molecule has 2 rings (SSSR count). The Bertz CT molecular complexity index is 446. The van der Waals surface area contributed by atoms with Crippen molar-refractivity contribution in [2.45, 2.75) is 6.42 Å².